The molecule has 4 rings (SSSR count). The number of hydrogen-bond donors (Lipinski definition) is 2. The molecule has 2 N–H and O–H groups in total. The molecule has 5 heteroatoms. The number of fused-ring (bicyclic) bond motifs is 1. The Labute approximate surface area is 156 Å². The largest absolute Gasteiger partial charge is 0.507 e. The molecule has 1 heterocycles. The van der Waals surface area contributed by atoms with Gasteiger partial charge in [-0.15, -0.1) is 0 Å². The van der Waals surface area contributed by atoms with Gasteiger partial charge in [0.2, 0.25) is 0 Å². The standard InChI is InChI=1S/C21H19N3OS/c1-2-6-14-11-12-19(25)17(13-14)20-22-23-21(26)24(20)18-10-5-8-15-7-3-4-9-16(15)18/h3-5,7-13,25H,2,6H2,1H3,(H,23,26). The first kappa shape index (κ1) is 16.5. The smallest absolute Gasteiger partial charge is 0.200 e. The van der Waals surface area contributed by atoms with Gasteiger partial charge in [-0.05, 0) is 47.8 Å². The Morgan fingerprint density at radius 1 is 1.08 bits per heavy atom. The van der Waals surface area contributed by atoms with Gasteiger partial charge in [-0.25, -0.2) is 0 Å². The number of nitrogens with one attached hydrogen (secondary N) is 1. The molecular formula is C21H19N3OS. The lowest BCUT2D eigenvalue weighted by molar-refractivity contribution is 0.476. The summed E-state index contributed by atoms with van der Waals surface area (Å²) < 4.78 is 2.39. The molecule has 0 spiro atoms. The number of nitrogens with zero attached hydrogens (tertiary/aromatic N) is 2. The highest BCUT2D eigenvalue weighted by molar-refractivity contribution is 7.71. The summed E-state index contributed by atoms with van der Waals surface area (Å²) in [6, 6.07) is 19.9. The van der Waals surface area contributed by atoms with Crippen molar-refractivity contribution >= 4 is 23.0 Å². The number of aromatic amines is 1. The Kier molecular flexibility index (Phi) is 4.31. The van der Waals surface area contributed by atoms with Crippen molar-refractivity contribution in [3.63, 3.8) is 0 Å². The van der Waals surface area contributed by atoms with Gasteiger partial charge in [0.05, 0.1) is 11.3 Å². The van der Waals surface area contributed by atoms with Crippen LogP contribution in [0.15, 0.2) is 60.7 Å². The lowest BCUT2D eigenvalue weighted by Crippen LogP contribution is -1.99. The van der Waals surface area contributed by atoms with E-state index in [0.717, 1.165) is 29.3 Å². The third kappa shape index (κ3) is 2.80. The maximum atomic E-state index is 10.4. The van der Waals surface area contributed by atoms with E-state index in [1.54, 1.807) is 6.07 Å². The number of rotatable bonds is 4. The minimum absolute atomic E-state index is 0.195. The van der Waals surface area contributed by atoms with Crippen molar-refractivity contribution < 1.29 is 5.11 Å². The summed E-state index contributed by atoms with van der Waals surface area (Å²) in [5.74, 6) is 0.808. The highest BCUT2D eigenvalue weighted by Crippen LogP contribution is 2.32. The molecule has 4 aromatic rings. The SMILES string of the molecule is CCCc1ccc(O)c(-c2n[nH]c(=S)n2-c2cccc3ccccc23)c1. The molecule has 0 fully saturated rings. The summed E-state index contributed by atoms with van der Waals surface area (Å²) in [6.45, 7) is 2.14. The summed E-state index contributed by atoms with van der Waals surface area (Å²) >= 11 is 5.51. The van der Waals surface area contributed by atoms with Crippen LogP contribution in [0.4, 0.5) is 0 Å². The lowest BCUT2D eigenvalue weighted by atomic mass is 10.0. The second-order valence-corrected chi connectivity index (χ2v) is 6.67. The maximum Gasteiger partial charge on any atom is 0.200 e. The highest BCUT2D eigenvalue weighted by atomic mass is 32.1. The third-order valence-corrected chi connectivity index (χ3v) is 4.79. The van der Waals surface area contributed by atoms with Crippen molar-refractivity contribution in [1.29, 1.82) is 0 Å². The summed E-state index contributed by atoms with van der Waals surface area (Å²) in [6.07, 6.45) is 1.99. The van der Waals surface area contributed by atoms with Crippen molar-refractivity contribution in [1.82, 2.24) is 14.8 Å². The number of phenolic OH excluding ortho intramolecular Hbond substituents is 1. The van der Waals surface area contributed by atoms with E-state index >= 15 is 0 Å². The molecule has 4 nitrogen and oxygen atoms in total. The van der Waals surface area contributed by atoms with Crippen LogP contribution in [-0.2, 0) is 6.42 Å². The van der Waals surface area contributed by atoms with E-state index in [1.807, 2.05) is 41.0 Å². The fourth-order valence-corrected chi connectivity index (χ4v) is 3.54. The van der Waals surface area contributed by atoms with Crippen LogP contribution >= 0.6 is 12.2 Å². The van der Waals surface area contributed by atoms with Gasteiger partial charge in [-0.3, -0.25) is 9.67 Å². The van der Waals surface area contributed by atoms with Crippen LogP contribution in [0.25, 0.3) is 27.8 Å². The van der Waals surface area contributed by atoms with Crippen LogP contribution in [0.2, 0.25) is 0 Å². The maximum absolute atomic E-state index is 10.4. The molecule has 0 atom stereocenters. The average molecular weight is 361 g/mol. The van der Waals surface area contributed by atoms with E-state index in [-0.39, 0.29) is 5.75 Å². The van der Waals surface area contributed by atoms with Crippen LogP contribution in [0.1, 0.15) is 18.9 Å². The Morgan fingerprint density at radius 2 is 1.88 bits per heavy atom. The minimum Gasteiger partial charge on any atom is -0.507 e. The molecule has 0 saturated heterocycles. The van der Waals surface area contributed by atoms with E-state index in [9.17, 15) is 5.11 Å². The van der Waals surface area contributed by atoms with Crippen LogP contribution < -0.4 is 0 Å². The summed E-state index contributed by atoms with van der Waals surface area (Å²) in [7, 11) is 0. The lowest BCUT2D eigenvalue weighted by Gasteiger charge is -2.12. The monoisotopic (exact) mass is 361 g/mol. The van der Waals surface area contributed by atoms with Gasteiger partial charge in [-0.2, -0.15) is 5.10 Å². The number of aromatic nitrogens is 3. The van der Waals surface area contributed by atoms with Crippen molar-refractivity contribution in [3.05, 3.63) is 71.0 Å². The Bertz CT molecular complexity index is 1140. The Morgan fingerprint density at radius 3 is 2.73 bits per heavy atom. The minimum atomic E-state index is 0.195. The molecule has 0 aliphatic heterocycles. The van der Waals surface area contributed by atoms with Crippen LogP contribution in [0, 0.1) is 4.77 Å². The van der Waals surface area contributed by atoms with E-state index in [4.69, 9.17) is 12.2 Å². The molecule has 0 amide bonds. The summed E-state index contributed by atoms with van der Waals surface area (Å²) in [5.41, 5.74) is 2.78. The molecular weight excluding hydrogens is 342 g/mol. The summed E-state index contributed by atoms with van der Waals surface area (Å²) in [5, 5.41) is 20.0. The van der Waals surface area contributed by atoms with Gasteiger partial charge in [0.1, 0.15) is 5.75 Å². The van der Waals surface area contributed by atoms with Gasteiger partial charge in [0, 0.05) is 5.39 Å². The molecule has 1 aromatic heterocycles. The zero-order valence-electron chi connectivity index (χ0n) is 14.4. The van der Waals surface area contributed by atoms with E-state index in [2.05, 4.69) is 35.3 Å². The van der Waals surface area contributed by atoms with E-state index in [0.29, 0.717) is 16.2 Å². The second-order valence-electron chi connectivity index (χ2n) is 6.29. The van der Waals surface area contributed by atoms with Crippen molar-refractivity contribution in [2.24, 2.45) is 0 Å². The highest BCUT2D eigenvalue weighted by Gasteiger charge is 2.16. The van der Waals surface area contributed by atoms with Crippen LogP contribution in [0.5, 0.6) is 5.75 Å². The number of hydrogen-bond acceptors (Lipinski definition) is 3. The number of phenols is 1. The zero-order valence-corrected chi connectivity index (χ0v) is 15.3. The Balaban J connectivity index is 1.98. The molecule has 0 saturated carbocycles. The zero-order chi connectivity index (χ0) is 18.1. The molecule has 0 radical (unpaired) electrons. The molecule has 130 valence electrons. The van der Waals surface area contributed by atoms with Crippen molar-refractivity contribution in [2.75, 3.05) is 0 Å². The molecule has 0 aliphatic rings. The fourth-order valence-electron chi connectivity index (χ4n) is 3.31. The van der Waals surface area contributed by atoms with Crippen molar-refractivity contribution in [3.8, 4) is 22.8 Å². The van der Waals surface area contributed by atoms with Gasteiger partial charge in [-0.1, -0.05) is 55.8 Å². The number of H-pyrrole nitrogens is 1. The number of benzene rings is 3. The van der Waals surface area contributed by atoms with Gasteiger partial charge >= 0.3 is 0 Å². The first-order valence-electron chi connectivity index (χ1n) is 8.67. The van der Waals surface area contributed by atoms with Gasteiger partial charge < -0.3 is 5.11 Å². The van der Waals surface area contributed by atoms with E-state index < -0.39 is 0 Å². The third-order valence-electron chi connectivity index (χ3n) is 4.52. The molecule has 0 aliphatic carbocycles. The summed E-state index contributed by atoms with van der Waals surface area (Å²) in [4.78, 5) is 0. The first-order chi connectivity index (χ1) is 12.7. The van der Waals surface area contributed by atoms with Crippen LogP contribution in [0.3, 0.4) is 0 Å². The van der Waals surface area contributed by atoms with Gasteiger partial charge in [0.25, 0.3) is 0 Å². The molecule has 3 aromatic carbocycles. The van der Waals surface area contributed by atoms with Gasteiger partial charge in [0.15, 0.2) is 10.6 Å². The quantitative estimate of drug-likeness (QED) is 0.478. The molecule has 0 unspecified atom stereocenters. The Hall–Kier alpha value is -2.92. The first-order valence-corrected chi connectivity index (χ1v) is 9.07. The fraction of sp³-hybridized carbons (Fsp3) is 0.143. The van der Waals surface area contributed by atoms with Crippen molar-refractivity contribution in [2.45, 2.75) is 19.8 Å². The van der Waals surface area contributed by atoms with E-state index in [1.165, 1.54) is 5.56 Å². The predicted octanol–water partition coefficient (Wildman–Crippen LogP) is 5.41. The second kappa shape index (κ2) is 6.77. The van der Waals surface area contributed by atoms with Crippen LogP contribution in [-0.4, -0.2) is 19.9 Å². The topological polar surface area (TPSA) is 53.8 Å². The normalized spacial score (nSPS) is 11.1. The molecule has 26 heavy (non-hydrogen) atoms. The average Bonchev–Trinajstić information content (AvgIpc) is 3.04. The molecule has 0 bridgehead atoms. The predicted molar refractivity (Wildman–Crippen MR) is 107 cm³/mol. The number of aryl methyl sites for hydroxylation is 1. The number of aromatic hydroxyl groups is 1.